The lowest BCUT2D eigenvalue weighted by molar-refractivity contribution is 0.901. The second kappa shape index (κ2) is 5.07. The summed E-state index contributed by atoms with van der Waals surface area (Å²) >= 11 is 7.64. The highest BCUT2D eigenvalue weighted by Gasteiger charge is 2.07. The largest absolute Gasteiger partial charge is 0.228 e. The van der Waals surface area contributed by atoms with Crippen molar-refractivity contribution < 1.29 is 0 Å². The Morgan fingerprint density at radius 1 is 1.06 bits per heavy atom. The quantitative estimate of drug-likeness (QED) is 0.760. The van der Waals surface area contributed by atoms with Crippen molar-refractivity contribution in [3.05, 3.63) is 46.2 Å². The fourth-order valence-electron chi connectivity index (χ4n) is 1.54. The first-order chi connectivity index (χ1) is 8.06. The van der Waals surface area contributed by atoms with Gasteiger partial charge in [0, 0.05) is 21.3 Å². The molecule has 0 radical (unpaired) electrons. The van der Waals surface area contributed by atoms with Crippen molar-refractivity contribution in [1.29, 1.82) is 0 Å². The molecule has 1 aromatic heterocycles. The third kappa shape index (κ3) is 2.99. The molecule has 0 aliphatic heterocycles. The predicted molar refractivity (Wildman–Crippen MR) is 71.8 cm³/mol. The van der Waals surface area contributed by atoms with E-state index in [2.05, 4.69) is 9.97 Å². The van der Waals surface area contributed by atoms with Gasteiger partial charge in [-0.2, -0.15) is 0 Å². The van der Waals surface area contributed by atoms with Gasteiger partial charge in [0.1, 0.15) is 0 Å². The molecule has 0 unspecified atom stereocenters. The minimum absolute atomic E-state index is 0.771. The van der Waals surface area contributed by atoms with Crippen molar-refractivity contribution in [2.45, 2.75) is 30.8 Å². The van der Waals surface area contributed by atoms with Crippen LogP contribution in [0.25, 0.3) is 0 Å². The van der Waals surface area contributed by atoms with E-state index in [-0.39, 0.29) is 0 Å². The number of halogens is 1. The topological polar surface area (TPSA) is 25.8 Å². The number of hydrogen-bond acceptors (Lipinski definition) is 3. The third-order valence-corrected chi connectivity index (χ3v) is 3.82. The molecular formula is C13H13ClN2S. The predicted octanol–water partition coefficient (Wildman–Crippen LogP) is 4.21. The molecule has 0 aliphatic rings. The van der Waals surface area contributed by atoms with Gasteiger partial charge in [-0.1, -0.05) is 17.7 Å². The summed E-state index contributed by atoms with van der Waals surface area (Å²) in [6.07, 6.45) is 0. The molecule has 4 heteroatoms. The number of aromatic nitrogens is 2. The monoisotopic (exact) mass is 264 g/mol. The average molecular weight is 265 g/mol. The van der Waals surface area contributed by atoms with Crippen LogP contribution in [-0.2, 0) is 0 Å². The van der Waals surface area contributed by atoms with E-state index in [4.69, 9.17) is 11.6 Å². The second-order valence-electron chi connectivity index (χ2n) is 3.90. The molecule has 17 heavy (non-hydrogen) atoms. The molecule has 0 aliphatic carbocycles. The number of nitrogens with zero attached hydrogens (tertiary/aromatic N) is 2. The van der Waals surface area contributed by atoms with E-state index in [0.29, 0.717) is 0 Å². The SMILES string of the molecule is Cc1cc(C)nc(Sc2cccc(Cl)c2C)n1. The summed E-state index contributed by atoms with van der Waals surface area (Å²) in [7, 11) is 0. The molecular weight excluding hydrogens is 252 g/mol. The van der Waals surface area contributed by atoms with Crippen molar-refractivity contribution >= 4 is 23.4 Å². The van der Waals surface area contributed by atoms with Gasteiger partial charge in [-0.15, -0.1) is 0 Å². The maximum Gasteiger partial charge on any atom is 0.192 e. The van der Waals surface area contributed by atoms with Crippen LogP contribution in [0.2, 0.25) is 5.02 Å². The number of rotatable bonds is 2. The van der Waals surface area contributed by atoms with Gasteiger partial charge in [0.15, 0.2) is 5.16 Å². The third-order valence-electron chi connectivity index (χ3n) is 2.38. The Kier molecular flexibility index (Phi) is 3.69. The highest BCUT2D eigenvalue weighted by Crippen LogP contribution is 2.31. The molecule has 0 amide bonds. The Balaban J connectivity index is 2.34. The summed E-state index contributed by atoms with van der Waals surface area (Å²) in [5, 5.41) is 1.55. The number of aryl methyl sites for hydroxylation is 2. The highest BCUT2D eigenvalue weighted by atomic mass is 35.5. The van der Waals surface area contributed by atoms with Gasteiger partial charge in [0.05, 0.1) is 0 Å². The summed E-state index contributed by atoms with van der Waals surface area (Å²) in [4.78, 5) is 9.92. The molecule has 0 atom stereocenters. The number of benzene rings is 1. The van der Waals surface area contributed by atoms with Crippen LogP contribution in [0.4, 0.5) is 0 Å². The second-order valence-corrected chi connectivity index (χ2v) is 5.31. The lowest BCUT2D eigenvalue weighted by atomic mass is 10.2. The lowest BCUT2D eigenvalue weighted by Gasteiger charge is -2.06. The summed E-state index contributed by atoms with van der Waals surface area (Å²) in [5.74, 6) is 0. The van der Waals surface area contributed by atoms with E-state index in [1.807, 2.05) is 45.0 Å². The first-order valence-corrected chi connectivity index (χ1v) is 6.51. The molecule has 0 bridgehead atoms. The molecule has 2 nitrogen and oxygen atoms in total. The molecule has 2 rings (SSSR count). The maximum absolute atomic E-state index is 6.09. The Labute approximate surface area is 110 Å². The van der Waals surface area contributed by atoms with Crippen molar-refractivity contribution in [1.82, 2.24) is 9.97 Å². The Bertz CT molecular complexity index is 535. The minimum atomic E-state index is 0.771. The fraction of sp³-hybridized carbons (Fsp3) is 0.231. The van der Waals surface area contributed by atoms with E-state index in [1.54, 1.807) is 11.8 Å². The van der Waals surface area contributed by atoms with Gasteiger partial charge in [0.2, 0.25) is 0 Å². The van der Waals surface area contributed by atoms with E-state index in [0.717, 1.165) is 32.0 Å². The van der Waals surface area contributed by atoms with Crippen molar-refractivity contribution in [3.8, 4) is 0 Å². The standard InChI is InChI=1S/C13H13ClN2S/c1-8-7-9(2)16-13(15-8)17-12-6-4-5-11(14)10(12)3/h4-7H,1-3H3. The zero-order valence-corrected chi connectivity index (χ0v) is 11.6. The van der Waals surface area contributed by atoms with Crippen LogP contribution in [0.15, 0.2) is 34.3 Å². The summed E-state index contributed by atoms with van der Waals surface area (Å²) < 4.78 is 0. The van der Waals surface area contributed by atoms with Crippen molar-refractivity contribution in [2.24, 2.45) is 0 Å². The first kappa shape index (κ1) is 12.4. The molecule has 1 heterocycles. The maximum atomic E-state index is 6.09. The van der Waals surface area contributed by atoms with Gasteiger partial charge in [-0.3, -0.25) is 0 Å². The van der Waals surface area contributed by atoms with Crippen LogP contribution in [0.1, 0.15) is 17.0 Å². The van der Waals surface area contributed by atoms with Crippen LogP contribution < -0.4 is 0 Å². The average Bonchev–Trinajstić information content (AvgIpc) is 2.23. The molecule has 0 N–H and O–H groups in total. The molecule has 88 valence electrons. The molecule has 0 saturated heterocycles. The highest BCUT2D eigenvalue weighted by molar-refractivity contribution is 7.99. The van der Waals surface area contributed by atoms with Crippen molar-refractivity contribution in [3.63, 3.8) is 0 Å². The van der Waals surface area contributed by atoms with E-state index >= 15 is 0 Å². The molecule has 1 aromatic carbocycles. The Morgan fingerprint density at radius 2 is 1.71 bits per heavy atom. The first-order valence-electron chi connectivity index (χ1n) is 5.31. The van der Waals surface area contributed by atoms with Crippen LogP contribution in [-0.4, -0.2) is 9.97 Å². The zero-order valence-electron chi connectivity index (χ0n) is 9.99. The van der Waals surface area contributed by atoms with Crippen LogP contribution >= 0.6 is 23.4 Å². The summed E-state index contributed by atoms with van der Waals surface area (Å²) in [5.41, 5.74) is 3.04. The Hall–Kier alpha value is -1.06. The fourth-order valence-corrected chi connectivity index (χ4v) is 2.75. The molecule has 0 fully saturated rings. The minimum Gasteiger partial charge on any atom is -0.228 e. The van der Waals surface area contributed by atoms with E-state index in [9.17, 15) is 0 Å². The summed E-state index contributed by atoms with van der Waals surface area (Å²) in [6.45, 7) is 5.96. The van der Waals surface area contributed by atoms with Crippen LogP contribution in [0, 0.1) is 20.8 Å². The Morgan fingerprint density at radius 3 is 2.35 bits per heavy atom. The summed E-state index contributed by atoms with van der Waals surface area (Å²) in [6, 6.07) is 7.84. The molecule has 2 aromatic rings. The van der Waals surface area contributed by atoms with Gasteiger partial charge in [0.25, 0.3) is 0 Å². The molecule has 0 spiro atoms. The van der Waals surface area contributed by atoms with Crippen molar-refractivity contribution in [2.75, 3.05) is 0 Å². The van der Waals surface area contributed by atoms with Gasteiger partial charge in [-0.05, 0) is 56.3 Å². The number of hydrogen-bond donors (Lipinski definition) is 0. The smallest absolute Gasteiger partial charge is 0.192 e. The van der Waals surface area contributed by atoms with Crippen LogP contribution in [0.5, 0.6) is 0 Å². The zero-order chi connectivity index (χ0) is 12.4. The van der Waals surface area contributed by atoms with Gasteiger partial charge in [-0.25, -0.2) is 9.97 Å². The lowest BCUT2D eigenvalue weighted by Crippen LogP contribution is -1.93. The van der Waals surface area contributed by atoms with Gasteiger partial charge < -0.3 is 0 Å². The van der Waals surface area contributed by atoms with E-state index in [1.165, 1.54) is 0 Å². The molecule has 0 saturated carbocycles. The normalized spacial score (nSPS) is 10.6. The van der Waals surface area contributed by atoms with Gasteiger partial charge >= 0.3 is 0 Å². The van der Waals surface area contributed by atoms with Crippen LogP contribution in [0.3, 0.4) is 0 Å². The van der Waals surface area contributed by atoms with E-state index < -0.39 is 0 Å².